The molecule has 1 saturated carbocycles. The van der Waals surface area contributed by atoms with E-state index in [0.29, 0.717) is 40.7 Å². The van der Waals surface area contributed by atoms with E-state index in [4.69, 9.17) is 4.42 Å². The van der Waals surface area contributed by atoms with Gasteiger partial charge in [0, 0.05) is 42.3 Å². The summed E-state index contributed by atoms with van der Waals surface area (Å²) in [6.45, 7) is 4.98. The Balaban J connectivity index is 1.20. The Bertz CT molecular complexity index is 1200. The standard InChI is InChI=1S/C25H26FN3O3/c1-15-9-20(16(2)32-15)23(30)28-19-3-6-25(7-4-19)13-29(14-25)24(31)21-11-18(26)10-17-5-8-27-12-22(17)21/h5,8-12,19H,3-4,6-7,13-14H2,1-2H3,(H,28,30). The Morgan fingerprint density at radius 3 is 2.59 bits per heavy atom. The monoisotopic (exact) mass is 435 g/mol. The molecule has 2 aliphatic rings. The van der Waals surface area contributed by atoms with Gasteiger partial charge in [0.25, 0.3) is 11.8 Å². The molecular formula is C25H26FN3O3. The second kappa shape index (κ2) is 7.73. The van der Waals surface area contributed by atoms with E-state index < -0.39 is 5.82 Å². The molecule has 2 fully saturated rings. The Hall–Kier alpha value is -3.22. The molecule has 0 unspecified atom stereocenters. The topological polar surface area (TPSA) is 75.4 Å². The maximum absolute atomic E-state index is 14.1. The van der Waals surface area contributed by atoms with Crippen molar-refractivity contribution in [2.45, 2.75) is 45.6 Å². The van der Waals surface area contributed by atoms with Crippen molar-refractivity contribution >= 4 is 22.6 Å². The van der Waals surface area contributed by atoms with Gasteiger partial charge < -0.3 is 14.6 Å². The zero-order valence-corrected chi connectivity index (χ0v) is 18.3. The zero-order valence-electron chi connectivity index (χ0n) is 18.3. The molecule has 0 radical (unpaired) electrons. The number of carbonyl (C=O) groups excluding carboxylic acids is 2. The fourth-order valence-corrected chi connectivity index (χ4v) is 5.23. The van der Waals surface area contributed by atoms with Crippen molar-refractivity contribution in [1.29, 1.82) is 0 Å². The fourth-order valence-electron chi connectivity index (χ4n) is 5.23. The summed E-state index contributed by atoms with van der Waals surface area (Å²) in [5.74, 6) is 0.727. The number of likely N-dealkylation sites (tertiary alicyclic amines) is 1. The molecule has 0 bridgehead atoms. The number of benzene rings is 1. The molecule has 6 nitrogen and oxygen atoms in total. The van der Waals surface area contributed by atoms with E-state index in [2.05, 4.69) is 10.3 Å². The number of fused-ring (bicyclic) bond motifs is 1. The lowest BCUT2D eigenvalue weighted by molar-refractivity contribution is -0.0197. The van der Waals surface area contributed by atoms with Gasteiger partial charge in [0.05, 0.1) is 11.1 Å². The Labute approximate surface area is 185 Å². The molecular weight excluding hydrogens is 409 g/mol. The Morgan fingerprint density at radius 2 is 1.91 bits per heavy atom. The second-order valence-corrected chi connectivity index (χ2v) is 9.29. The highest BCUT2D eigenvalue weighted by molar-refractivity contribution is 6.07. The zero-order chi connectivity index (χ0) is 22.5. The molecule has 1 saturated heterocycles. The molecule has 5 rings (SSSR count). The van der Waals surface area contributed by atoms with Gasteiger partial charge in [0.1, 0.15) is 17.3 Å². The summed E-state index contributed by atoms with van der Waals surface area (Å²) in [6.07, 6.45) is 6.90. The third kappa shape index (κ3) is 3.66. The number of amides is 2. The van der Waals surface area contributed by atoms with E-state index in [1.807, 2.05) is 6.92 Å². The SMILES string of the molecule is Cc1cc(C(=O)NC2CCC3(CC2)CN(C(=O)c2cc(F)cc4ccncc24)C3)c(C)o1. The lowest BCUT2D eigenvalue weighted by Gasteiger charge is -2.53. The molecule has 1 spiro atoms. The minimum absolute atomic E-state index is 0.0858. The number of halogens is 1. The number of hydrogen-bond donors (Lipinski definition) is 1. The lowest BCUT2D eigenvalue weighted by Crippen LogP contribution is -2.60. The largest absolute Gasteiger partial charge is 0.466 e. The molecule has 1 aromatic carbocycles. The van der Waals surface area contributed by atoms with Crippen LogP contribution in [0.15, 0.2) is 41.1 Å². The average Bonchev–Trinajstić information content (AvgIpc) is 3.09. The normalized spacial score (nSPS) is 18.0. The molecule has 3 aromatic rings. The van der Waals surface area contributed by atoms with E-state index in [1.54, 1.807) is 36.4 Å². The van der Waals surface area contributed by atoms with Gasteiger partial charge in [0.2, 0.25) is 0 Å². The summed E-state index contributed by atoms with van der Waals surface area (Å²) >= 11 is 0. The third-order valence-corrected chi connectivity index (χ3v) is 6.96. The number of nitrogens with zero attached hydrogens (tertiary/aromatic N) is 2. The number of nitrogens with one attached hydrogen (secondary N) is 1. The minimum atomic E-state index is -0.415. The Morgan fingerprint density at radius 1 is 1.16 bits per heavy atom. The lowest BCUT2D eigenvalue weighted by atomic mass is 9.67. The first kappa shape index (κ1) is 20.7. The summed E-state index contributed by atoms with van der Waals surface area (Å²) in [7, 11) is 0. The van der Waals surface area contributed by atoms with Crippen LogP contribution in [0.25, 0.3) is 10.8 Å². The van der Waals surface area contributed by atoms with E-state index in [1.165, 1.54) is 12.1 Å². The molecule has 1 aliphatic heterocycles. The molecule has 1 N–H and O–H groups in total. The van der Waals surface area contributed by atoms with Crippen LogP contribution in [0.1, 0.15) is 57.9 Å². The number of aryl methyl sites for hydroxylation is 2. The van der Waals surface area contributed by atoms with Crippen molar-refractivity contribution < 1.29 is 18.4 Å². The van der Waals surface area contributed by atoms with E-state index in [-0.39, 0.29) is 23.3 Å². The molecule has 166 valence electrons. The van der Waals surface area contributed by atoms with Crippen LogP contribution in [0.4, 0.5) is 4.39 Å². The first-order valence-corrected chi connectivity index (χ1v) is 11.0. The molecule has 0 atom stereocenters. The van der Waals surface area contributed by atoms with E-state index in [9.17, 15) is 14.0 Å². The summed E-state index contributed by atoms with van der Waals surface area (Å²) in [5.41, 5.74) is 1.06. The van der Waals surface area contributed by atoms with Crippen molar-refractivity contribution in [2.24, 2.45) is 5.41 Å². The maximum atomic E-state index is 14.1. The van der Waals surface area contributed by atoms with Crippen molar-refractivity contribution in [3.8, 4) is 0 Å². The van der Waals surface area contributed by atoms with Gasteiger partial charge in [-0.25, -0.2) is 4.39 Å². The first-order chi connectivity index (χ1) is 15.3. The minimum Gasteiger partial charge on any atom is -0.466 e. The second-order valence-electron chi connectivity index (χ2n) is 9.29. The van der Waals surface area contributed by atoms with Crippen molar-refractivity contribution in [3.05, 3.63) is 65.1 Å². The number of furan rings is 1. The van der Waals surface area contributed by atoms with Crippen LogP contribution in [-0.4, -0.2) is 40.8 Å². The van der Waals surface area contributed by atoms with Gasteiger partial charge >= 0.3 is 0 Å². The summed E-state index contributed by atoms with van der Waals surface area (Å²) < 4.78 is 19.5. The molecule has 2 amide bonds. The molecule has 32 heavy (non-hydrogen) atoms. The predicted octanol–water partition coefficient (Wildman–Crippen LogP) is 4.40. The summed E-state index contributed by atoms with van der Waals surface area (Å²) in [6, 6.07) is 6.35. The molecule has 1 aliphatic carbocycles. The number of aromatic nitrogens is 1. The fraction of sp³-hybridized carbons (Fsp3) is 0.400. The highest BCUT2D eigenvalue weighted by Crippen LogP contribution is 2.44. The quantitative estimate of drug-likeness (QED) is 0.662. The third-order valence-electron chi connectivity index (χ3n) is 6.96. The smallest absolute Gasteiger partial charge is 0.255 e. The first-order valence-electron chi connectivity index (χ1n) is 11.0. The average molecular weight is 435 g/mol. The van der Waals surface area contributed by atoms with Crippen LogP contribution in [0.3, 0.4) is 0 Å². The summed E-state index contributed by atoms with van der Waals surface area (Å²) in [4.78, 5) is 31.6. The van der Waals surface area contributed by atoms with Crippen molar-refractivity contribution in [3.63, 3.8) is 0 Å². The van der Waals surface area contributed by atoms with Gasteiger partial charge in [-0.3, -0.25) is 14.6 Å². The van der Waals surface area contributed by atoms with E-state index in [0.717, 1.165) is 31.4 Å². The van der Waals surface area contributed by atoms with Crippen LogP contribution < -0.4 is 5.32 Å². The molecule has 2 aromatic heterocycles. The molecule has 7 heteroatoms. The van der Waals surface area contributed by atoms with Crippen LogP contribution >= 0.6 is 0 Å². The van der Waals surface area contributed by atoms with Gasteiger partial charge in [0.15, 0.2) is 0 Å². The Kier molecular flexibility index (Phi) is 4.99. The van der Waals surface area contributed by atoms with Gasteiger partial charge in [-0.1, -0.05) is 0 Å². The number of pyridine rings is 1. The van der Waals surface area contributed by atoms with Crippen LogP contribution in [0.5, 0.6) is 0 Å². The van der Waals surface area contributed by atoms with E-state index >= 15 is 0 Å². The van der Waals surface area contributed by atoms with Crippen LogP contribution in [-0.2, 0) is 0 Å². The number of rotatable bonds is 3. The predicted molar refractivity (Wildman–Crippen MR) is 118 cm³/mol. The number of carbonyl (C=O) groups is 2. The summed E-state index contributed by atoms with van der Waals surface area (Å²) in [5, 5.41) is 4.49. The van der Waals surface area contributed by atoms with Gasteiger partial charge in [-0.15, -0.1) is 0 Å². The number of hydrogen-bond acceptors (Lipinski definition) is 4. The van der Waals surface area contributed by atoms with Crippen LogP contribution in [0.2, 0.25) is 0 Å². The van der Waals surface area contributed by atoms with Gasteiger partial charge in [-0.2, -0.15) is 0 Å². The van der Waals surface area contributed by atoms with Gasteiger partial charge in [-0.05, 0) is 69.2 Å². The highest BCUT2D eigenvalue weighted by atomic mass is 19.1. The molecule has 3 heterocycles. The highest BCUT2D eigenvalue weighted by Gasteiger charge is 2.47. The maximum Gasteiger partial charge on any atom is 0.255 e. The van der Waals surface area contributed by atoms with Crippen molar-refractivity contribution in [1.82, 2.24) is 15.2 Å². The van der Waals surface area contributed by atoms with Crippen molar-refractivity contribution in [2.75, 3.05) is 13.1 Å². The van der Waals surface area contributed by atoms with Crippen LogP contribution in [0, 0.1) is 25.1 Å².